The molecule has 1 aromatic rings. The Morgan fingerprint density at radius 2 is 1.89 bits per heavy atom. The monoisotopic (exact) mass is 345 g/mol. The van der Waals surface area contributed by atoms with Gasteiger partial charge in [-0.1, -0.05) is 35.0 Å². The SMILES string of the molecule is CCS(=O)(=O)c1ccccc1N1CCC(CBr)CC1. The quantitative estimate of drug-likeness (QED) is 0.787. The molecule has 0 aliphatic carbocycles. The summed E-state index contributed by atoms with van der Waals surface area (Å²) in [6, 6.07) is 7.37. The average molecular weight is 346 g/mol. The van der Waals surface area contributed by atoms with Crippen LogP contribution < -0.4 is 4.90 Å². The summed E-state index contributed by atoms with van der Waals surface area (Å²) in [4.78, 5) is 2.69. The van der Waals surface area contributed by atoms with Gasteiger partial charge in [-0.2, -0.15) is 0 Å². The maximum atomic E-state index is 12.2. The molecular formula is C14H20BrNO2S. The third kappa shape index (κ3) is 3.31. The van der Waals surface area contributed by atoms with E-state index in [2.05, 4.69) is 20.8 Å². The van der Waals surface area contributed by atoms with E-state index in [1.807, 2.05) is 12.1 Å². The average Bonchev–Trinajstić information content (AvgIpc) is 2.47. The largest absolute Gasteiger partial charge is 0.370 e. The number of anilines is 1. The van der Waals surface area contributed by atoms with Crippen molar-refractivity contribution < 1.29 is 8.42 Å². The predicted octanol–water partition coefficient (Wildman–Crippen LogP) is 3.09. The summed E-state index contributed by atoms with van der Waals surface area (Å²) in [7, 11) is -3.15. The van der Waals surface area contributed by atoms with E-state index in [4.69, 9.17) is 0 Å². The first-order chi connectivity index (χ1) is 9.08. The van der Waals surface area contributed by atoms with Crippen LogP contribution in [0.2, 0.25) is 0 Å². The van der Waals surface area contributed by atoms with E-state index >= 15 is 0 Å². The van der Waals surface area contributed by atoms with Crippen molar-refractivity contribution in [1.82, 2.24) is 0 Å². The van der Waals surface area contributed by atoms with Gasteiger partial charge in [-0.05, 0) is 30.9 Å². The zero-order chi connectivity index (χ0) is 13.9. The first-order valence-corrected chi connectivity index (χ1v) is 9.48. The Balaban J connectivity index is 2.27. The van der Waals surface area contributed by atoms with Crippen LogP contribution in [0.4, 0.5) is 5.69 Å². The minimum atomic E-state index is -3.15. The van der Waals surface area contributed by atoms with E-state index in [1.54, 1.807) is 19.1 Å². The molecule has 0 amide bonds. The molecule has 1 aromatic carbocycles. The summed E-state index contributed by atoms with van der Waals surface area (Å²) >= 11 is 3.53. The maximum Gasteiger partial charge on any atom is 0.180 e. The van der Waals surface area contributed by atoms with Crippen molar-refractivity contribution in [3.05, 3.63) is 24.3 Å². The highest BCUT2D eigenvalue weighted by Gasteiger charge is 2.23. The minimum Gasteiger partial charge on any atom is -0.370 e. The molecule has 0 bridgehead atoms. The molecule has 1 saturated heterocycles. The fraction of sp³-hybridized carbons (Fsp3) is 0.571. The van der Waals surface area contributed by atoms with Gasteiger partial charge in [-0.25, -0.2) is 8.42 Å². The van der Waals surface area contributed by atoms with Crippen LogP contribution >= 0.6 is 15.9 Å². The Morgan fingerprint density at radius 3 is 2.47 bits per heavy atom. The summed E-state index contributed by atoms with van der Waals surface area (Å²) in [5.41, 5.74) is 0.873. The second-order valence-corrected chi connectivity index (χ2v) is 7.85. The highest BCUT2D eigenvalue weighted by atomic mass is 79.9. The van der Waals surface area contributed by atoms with Crippen LogP contribution in [0.25, 0.3) is 0 Å². The van der Waals surface area contributed by atoms with Crippen molar-refractivity contribution in [3.63, 3.8) is 0 Å². The van der Waals surface area contributed by atoms with E-state index in [9.17, 15) is 8.42 Å². The van der Waals surface area contributed by atoms with Gasteiger partial charge in [0.1, 0.15) is 0 Å². The van der Waals surface area contributed by atoms with Gasteiger partial charge in [0.05, 0.1) is 16.3 Å². The molecule has 1 aliphatic rings. The van der Waals surface area contributed by atoms with Crippen LogP contribution in [-0.4, -0.2) is 32.6 Å². The Hall–Kier alpha value is -0.550. The summed E-state index contributed by atoms with van der Waals surface area (Å²) in [6.07, 6.45) is 2.23. The normalized spacial score (nSPS) is 17.7. The van der Waals surface area contributed by atoms with Gasteiger partial charge in [-0.15, -0.1) is 0 Å². The number of piperidine rings is 1. The zero-order valence-electron chi connectivity index (χ0n) is 11.2. The molecule has 0 aromatic heterocycles. The Labute approximate surface area is 124 Å². The van der Waals surface area contributed by atoms with Crippen molar-refractivity contribution in [3.8, 4) is 0 Å². The van der Waals surface area contributed by atoms with Crippen LogP contribution in [0.5, 0.6) is 0 Å². The first kappa shape index (κ1) is 14.9. The van der Waals surface area contributed by atoms with Gasteiger partial charge in [0.25, 0.3) is 0 Å². The summed E-state index contributed by atoms with van der Waals surface area (Å²) < 4.78 is 24.3. The van der Waals surface area contributed by atoms with Gasteiger partial charge in [-0.3, -0.25) is 0 Å². The molecule has 0 unspecified atom stereocenters. The van der Waals surface area contributed by atoms with Crippen LogP contribution in [0.3, 0.4) is 0 Å². The number of benzene rings is 1. The lowest BCUT2D eigenvalue weighted by Crippen LogP contribution is -2.35. The molecule has 0 spiro atoms. The number of para-hydroxylation sites is 1. The van der Waals surface area contributed by atoms with E-state index < -0.39 is 9.84 Å². The van der Waals surface area contributed by atoms with Gasteiger partial charge in [0.2, 0.25) is 0 Å². The summed E-state index contributed by atoms with van der Waals surface area (Å²) in [6.45, 7) is 3.57. The second-order valence-electron chi connectivity index (χ2n) is 4.96. The van der Waals surface area contributed by atoms with Gasteiger partial charge < -0.3 is 4.90 Å². The Kier molecular flexibility index (Phi) is 4.90. The number of hydrogen-bond acceptors (Lipinski definition) is 3. The van der Waals surface area contributed by atoms with Crippen LogP contribution in [0, 0.1) is 5.92 Å². The first-order valence-electron chi connectivity index (χ1n) is 6.71. The lowest BCUT2D eigenvalue weighted by molar-refractivity contribution is 0.445. The molecule has 1 heterocycles. The number of rotatable bonds is 4. The topological polar surface area (TPSA) is 37.4 Å². The standard InChI is InChI=1S/C14H20BrNO2S/c1-2-19(17,18)14-6-4-3-5-13(14)16-9-7-12(11-15)8-10-16/h3-6,12H,2,7-11H2,1H3. The predicted molar refractivity (Wildman–Crippen MR) is 82.9 cm³/mol. The van der Waals surface area contributed by atoms with Crippen molar-refractivity contribution in [1.29, 1.82) is 0 Å². The van der Waals surface area contributed by atoms with Crippen LogP contribution in [0.1, 0.15) is 19.8 Å². The molecule has 5 heteroatoms. The van der Waals surface area contributed by atoms with Crippen LogP contribution in [0.15, 0.2) is 29.2 Å². The number of halogens is 1. The van der Waals surface area contributed by atoms with E-state index in [0.717, 1.165) is 36.9 Å². The molecule has 0 N–H and O–H groups in total. The Morgan fingerprint density at radius 1 is 1.26 bits per heavy atom. The molecular weight excluding hydrogens is 326 g/mol. The number of hydrogen-bond donors (Lipinski definition) is 0. The molecule has 106 valence electrons. The molecule has 1 fully saturated rings. The Bertz CT molecular complexity index is 522. The summed E-state index contributed by atoms with van der Waals surface area (Å²) in [5, 5.41) is 1.04. The molecule has 0 radical (unpaired) electrons. The fourth-order valence-electron chi connectivity index (χ4n) is 2.47. The molecule has 2 rings (SSSR count). The third-order valence-corrected chi connectivity index (χ3v) is 6.44. The lowest BCUT2D eigenvalue weighted by Gasteiger charge is -2.34. The van der Waals surface area contributed by atoms with Crippen LogP contribution in [-0.2, 0) is 9.84 Å². The van der Waals surface area contributed by atoms with Crippen molar-refractivity contribution in [2.45, 2.75) is 24.7 Å². The number of sulfone groups is 1. The second kappa shape index (κ2) is 6.27. The lowest BCUT2D eigenvalue weighted by atomic mass is 9.99. The van der Waals surface area contributed by atoms with E-state index in [-0.39, 0.29) is 5.75 Å². The smallest absolute Gasteiger partial charge is 0.180 e. The number of nitrogens with zero attached hydrogens (tertiary/aromatic N) is 1. The van der Waals surface area contributed by atoms with Crippen molar-refractivity contribution in [2.24, 2.45) is 5.92 Å². The highest BCUT2D eigenvalue weighted by Crippen LogP contribution is 2.30. The zero-order valence-corrected chi connectivity index (χ0v) is 13.6. The number of alkyl halides is 1. The van der Waals surface area contributed by atoms with E-state index in [0.29, 0.717) is 10.8 Å². The highest BCUT2D eigenvalue weighted by molar-refractivity contribution is 9.09. The van der Waals surface area contributed by atoms with Crippen molar-refractivity contribution >= 4 is 31.5 Å². The molecule has 0 saturated carbocycles. The third-order valence-electron chi connectivity index (χ3n) is 3.75. The minimum absolute atomic E-state index is 0.155. The molecule has 1 aliphatic heterocycles. The molecule has 3 nitrogen and oxygen atoms in total. The van der Waals surface area contributed by atoms with Gasteiger partial charge >= 0.3 is 0 Å². The maximum absolute atomic E-state index is 12.2. The fourth-order valence-corrected chi connectivity index (χ4v) is 4.23. The van der Waals surface area contributed by atoms with Gasteiger partial charge in [0, 0.05) is 18.4 Å². The summed E-state index contributed by atoms with van der Waals surface area (Å²) in [5.74, 6) is 0.869. The molecule has 19 heavy (non-hydrogen) atoms. The van der Waals surface area contributed by atoms with E-state index in [1.165, 1.54) is 0 Å². The molecule has 0 atom stereocenters. The van der Waals surface area contributed by atoms with Gasteiger partial charge in [0.15, 0.2) is 9.84 Å². The van der Waals surface area contributed by atoms with Crippen molar-refractivity contribution in [2.75, 3.05) is 29.1 Å².